The van der Waals surface area contributed by atoms with Gasteiger partial charge in [-0.25, -0.2) is 15.0 Å². The summed E-state index contributed by atoms with van der Waals surface area (Å²) < 4.78 is 6.73. The van der Waals surface area contributed by atoms with E-state index in [-0.39, 0.29) is 17.8 Å². The molecule has 7 aromatic carbocycles. The Morgan fingerprint density at radius 3 is 1.97 bits per heavy atom. The Morgan fingerprint density at radius 2 is 1.15 bits per heavy atom. The first kappa shape index (κ1) is 35.7. The van der Waals surface area contributed by atoms with Crippen LogP contribution in [0.2, 0.25) is 0 Å². The number of nitrogens with zero attached hydrogens (tertiary/aromatic N) is 3. The van der Waals surface area contributed by atoms with Crippen LogP contribution in [-0.4, -0.2) is 15.0 Å². The van der Waals surface area contributed by atoms with Gasteiger partial charge in [0.2, 0.25) is 0 Å². The van der Waals surface area contributed by atoms with Crippen molar-refractivity contribution in [3.63, 3.8) is 0 Å². The van der Waals surface area contributed by atoms with Crippen molar-refractivity contribution >= 4 is 32.7 Å². The van der Waals surface area contributed by atoms with Crippen LogP contribution in [0.4, 0.5) is 0 Å². The van der Waals surface area contributed by atoms with Gasteiger partial charge in [-0.2, -0.15) is 0 Å². The number of fused-ring (bicyclic) bond motifs is 6. The lowest BCUT2D eigenvalue weighted by atomic mass is 9.71. The third-order valence-electron chi connectivity index (χ3n) is 12.4. The smallest absolute Gasteiger partial charge is 0.164 e. The van der Waals surface area contributed by atoms with Crippen LogP contribution in [-0.2, 0) is 6.42 Å². The lowest BCUT2D eigenvalue weighted by Crippen LogP contribution is -2.23. The summed E-state index contributed by atoms with van der Waals surface area (Å²) in [7, 11) is 0. The minimum atomic E-state index is 0.0746. The van der Waals surface area contributed by atoms with E-state index < -0.39 is 0 Å². The molecule has 4 nitrogen and oxygen atoms in total. The van der Waals surface area contributed by atoms with E-state index in [0.717, 1.165) is 68.5 Å². The molecule has 0 saturated heterocycles. The van der Waals surface area contributed by atoms with Crippen molar-refractivity contribution in [2.45, 2.75) is 18.8 Å². The average Bonchev–Trinajstić information content (AvgIpc) is 3.46. The Bertz CT molecular complexity index is 3100. The predicted octanol–water partition coefficient (Wildman–Crippen LogP) is 13.6. The molecule has 286 valence electrons. The fourth-order valence-corrected chi connectivity index (χ4v) is 9.38. The standard InChI is InChI=1S/C56H41N3O/c1-36-31-51(56-58-54(40-26-23-39(24-27-40)37-13-3-2-4-14-37)57-55(59-56)45-28-25-38-15-5-6-16-41(38)33-45)52(35-60-53-22-12-11-19-46(36)53)49-30-29-44-32-42-17-7-8-18-43(42)34-50(44)48-21-10-9-20-47(48)49/h2-28,31-35,47-49H,1,29-30H2/b51-31+,52-35-/t47-,48?,49?/m0/s1. The van der Waals surface area contributed by atoms with Crippen LogP contribution in [0.5, 0.6) is 5.75 Å². The molecule has 2 aliphatic carbocycles. The summed E-state index contributed by atoms with van der Waals surface area (Å²) in [5.41, 5.74) is 10.7. The molecule has 0 N–H and O–H groups in total. The highest BCUT2D eigenvalue weighted by Crippen LogP contribution is 2.49. The second kappa shape index (κ2) is 15.1. The van der Waals surface area contributed by atoms with Gasteiger partial charge in [-0.1, -0.05) is 176 Å². The quantitative estimate of drug-likeness (QED) is 0.175. The maximum Gasteiger partial charge on any atom is 0.164 e. The molecule has 0 saturated carbocycles. The average molecular weight is 772 g/mol. The molecule has 3 atom stereocenters. The van der Waals surface area contributed by atoms with Gasteiger partial charge in [-0.15, -0.1) is 0 Å². The first-order chi connectivity index (χ1) is 29.6. The highest BCUT2D eigenvalue weighted by Gasteiger charge is 2.37. The Kier molecular flexibility index (Phi) is 8.97. The molecular formula is C56H41N3O. The van der Waals surface area contributed by atoms with Crippen LogP contribution in [0.15, 0.2) is 207 Å². The zero-order chi connectivity index (χ0) is 40.0. The lowest BCUT2D eigenvalue weighted by Gasteiger charge is -2.33. The maximum absolute atomic E-state index is 6.73. The fraction of sp³-hybridized carbons (Fsp3) is 0.0893. The third-order valence-corrected chi connectivity index (χ3v) is 12.4. The first-order valence-corrected chi connectivity index (χ1v) is 20.8. The summed E-state index contributed by atoms with van der Waals surface area (Å²) in [6, 6.07) is 55.5. The van der Waals surface area contributed by atoms with E-state index in [1.54, 1.807) is 0 Å². The molecule has 1 aromatic heterocycles. The van der Waals surface area contributed by atoms with Crippen molar-refractivity contribution < 1.29 is 4.74 Å². The van der Waals surface area contributed by atoms with Crippen molar-refractivity contribution in [1.29, 1.82) is 0 Å². The summed E-state index contributed by atoms with van der Waals surface area (Å²) in [6.45, 7) is 4.63. The molecule has 0 spiro atoms. The van der Waals surface area contributed by atoms with Gasteiger partial charge in [-0.3, -0.25) is 0 Å². The van der Waals surface area contributed by atoms with Crippen LogP contribution in [0, 0.1) is 11.8 Å². The highest BCUT2D eigenvalue weighted by atomic mass is 16.5. The number of para-hydroxylation sites is 1. The Morgan fingerprint density at radius 1 is 0.533 bits per heavy atom. The number of hydrogen-bond acceptors (Lipinski definition) is 4. The molecular weight excluding hydrogens is 731 g/mol. The predicted molar refractivity (Wildman–Crippen MR) is 246 cm³/mol. The summed E-state index contributed by atoms with van der Waals surface area (Å²) >= 11 is 0. The SMILES string of the molecule is C=C1/C=C(c2nc(-c3ccc(-c4ccccc4)cc3)nc(-c3ccc4ccccc4c3)n2)\C(C2CCc3cc4ccccc4cc3C3C=CC=C[C@H]23)=C/Oc2ccccc21. The van der Waals surface area contributed by atoms with Crippen LogP contribution >= 0.6 is 0 Å². The van der Waals surface area contributed by atoms with E-state index in [2.05, 4.69) is 170 Å². The van der Waals surface area contributed by atoms with Gasteiger partial charge in [-0.05, 0) is 92.3 Å². The number of allylic oxidation sites excluding steroid dienone is 8. The highest BCUT2D eigenvalue weighted by molar-refractivity contribution is 5.91. The maximum atomic E-state index is 6.73. The van der Waals surface area contributed by atoms with E-state index in [0.29, 0.717) is 17.5 Å². The molecule has 8 aromatic rings. The Balaban J connectivity index is 1.09. The van der Waals surface area contributed by atoms with Gasteiger partial charge in [0, 0.05) is 33.8 Å². The van der Waals surface area contributed by atoms with E-state index in [1.165, 1.54) is 27.3 Å². The number of aryl methyl sites for hydroxylation is 1. The third kappa shape index (κ3) is 6.57. The van der Waals surface area contributed by atoms with E-state index in [9.17, 15) is 0 Å². The molecule has 0 radical (unpaired) electrons. The van der Waals surface area contributed by atoms with Crippen molar-refractivity contribution in [2.75, 3.05) is 0 Å². The molecule has 2 unspecified atom stereocenters. The second-order valence-electron chi connectivity index (χ2n) is 16.0. The number of hydrogen-bond donors (Lipinski definition) is 0. The van der Waals surface area contributed by atoms with Gasteiger partial charge in [0.05, 0.1) is 6.26 Å². The summed E-state index contributed by atoms with van der Waals surface area (Å²) in [6.07, 6.45) is 15.2. The van der Waals surface area contributed by atoms with Crippen molar-refractivity contribution in [2.24, 2.45) is 11.8 Å². The zero-order valence-corrected chi connectivity index (χ0v) is 33.1. The molecule has 0 fully saturated rings. The van der Waals surface area contributed by atoms with Crippen molar-refractivity contribution in [3.8, 4) is 39.7 Å². The van der Waals surface area contributed by atoms with E-state index in [4.69, 9.17) is 19.7 Å². The number of rotatable bonds is 5. The van der Waals surface area contributed by atoms with Crippen molar-refractivity contribution in [3.05, 3.63) is 229 Å². The number of ether oxygens (including phenoxy) is 1. The van der Waals surface area contributed by atoms with Crippen LogP contribution in [0.3, 0.4) is 0 Å². The van der Waals surface area contributed by atoms with Gasteiger partial charge in [0.15, 0.2) is 17.5 Å². The molecule has 60 heavy (non-hydrogen) atoms. The topological polar surface area (TPSA) is 47.9 Å². The molecule has 1 aliphatic heterocycles. The minimum Gasteiger partial charge on any atom is -0.464 e. The Labute approximate surface area is 350 Å². The minimum absolute atomic E-state index is 0.0746. The van der Waals surface area contributed by atoms with Gasteiger partial charge >= 0.3 is 0 Å². The summed E-state index contributed by atoms with van der Waals surface area (Å²) in [5, 5.41) is 4.84. The van der Waals surface area contributed by atoms with Crippen LogP contribution < -0.4 is 4.74 Å². The van der Waals surface area contributed by atoms with Gasteiger partial charge < -0.3 is 4.74 Å². The van der Waals surface area contributed by atoms with Crippen LogP contribution in [0.1, 0.15) is 34.9 Å². The molecule has 11 rings (SSSR count). The normalized spacial score (nSPS) is 20.0. The van der Waals surface area contributed by atoms with Crippen LogP contribution in [0.25, 0.3) is 66.6 Å². The molecule has 3 aliphatic rings. The Hall–Kier alpha value is -7.43. The number of aromatic nitrogens is 3. The fourth-order valence-electron chi connectivity index (χ4n) is 9.38. The van der Waals surface area contributed by atoms with Gasteiger partial charge in [0.25, 0.3) is 0 Å². The number of benzene rings is 7. The molecule has 2 heterocycles. The molecule has 4 heteroatoms. The summed E-state index contributed by atoms with van der Waals surface area (Å²) in [5.74, 6) is 3.02. The molecule has 0 bridgehead atoms. The largest absolute Gasteiger partial charge is 0.464 e. The second-order valence-corrected chi connectivity index (χ2v) is 16.0. The van der Waals surface area contributed by atoms with Gasteiger partial charge in [0.1, 0.15) is 5.75 Å². The molecule has 0 amide bonds. The lowest BCUT2D eigenvalue weighted by molar-refractivity contribution is 0.395. The van der Waals surface area contributed by atoms with Crippen molar-refractivity contribution in [1.82, 2.24) is 15.0 Å². The monoisotopic (exact) mass is 771 g/mol. The van der Waals surface area contributed by atoms with E-state index in [1.807, 2.05) is 30.5 Å². The first-order valence-electron chi connectivity index (χ1n) is 20.8. The van der Waals surface area contributed by atoms with E-state index >= 15 is 0 Å². The summed E-state index contributed by atoms with van der Waals surface area (Å²) in [4.78, 5) is 15.9. The zero-order valence-electron chi connectivity index (χ0n) is 33.1.